The molecule has 80 valence electrons. The summed E-state index contributed by atoms with van der Waals surface area (Å²) < 4.78 is 42.5. The van der Waals surface area contributed by atoms with E-state index in [0.717, 1.165) is 6.07 Å². The second-order valence-corrected chi connectivity index (χ2v) is 2.98. The number of halogens is 3. The van der Waals surface area contributed by atoms with Gasteiger partial charge in [-0.25, -0.2) is 0 Å². The molecule has 1 aromatic rings. The van der Waals surface area contributed by atoms with E-state index in [0.29, 0.717) is 6.61 Å². The number of nitrogens with zero attached hydrogens (tertiary/aromatic N) is 2. The van der Waals surface area contributed by atoms with Gasteiger partial charge in [0.2, 0.25) is 0 Å². The first kappa shape index (κ1) is 11.0. The van der Waals surface area contributed by atoms with Gasteiger partial charge in [-0.15, -0.1) is 0 Å². The van der Waals surface area contributed by atoms with Crippen LogP contribution < -0.4 is 0 Å². The lowest BCUT2D eigenvalue weighted by molar-refractivity contribution is -0.141. The summed E-state index contributed by atoms with van der Waals surface area (Å²) in [6.07, 6.45) is -3.08. The lowest BCUT2D eigenvalue weighted by Gasteiger charge is -2.10. The van der Waals surface area contributed by atoms with Crippen LogP contribution in [-0.4, -0.2) is 23.5 Å². The van der Waals surface area contributed by atoms with Gasteiger partial charge in [0.1, 0.15) is 0 Å². The van der Waals surface area contributed by atoms with Crippen LogP contribution >= 0.6 is 0 Å². The normalized spacial score (nSPS) is 14.4. The highest BCUT2D eigenvalue weighted by Crippen LogP contribution is 2.27. The first-order valence-electron chi connectivity index (χ1n) is 4.06. The van der Waals surface area contributed by atoms with Crippen molar-refractivity contribution in [1.29, 1.82) is 0 Å². The summed E-state index contributed by atoms with van der Waals surface area (Å²) in [5, 5.41) is 3.41. The Bertz CT molecular complexity index is 295. The molecule has 1 rings (SSSR count). The van der Waals surface area contributed by atoms with Crippen molar-refractivity contribution < 1.29 is 17.9 Å². The molecule has 0 aliphatic heterocycles. The van der Waals surface area contributed by atoms with Crippen LogP contribution in [0.5, 0.6) is 0 Å². The third-order valence-corrected chi connectivity index (χ3v) is 1.76. The van der Waals surface area contributed by atoms with E-state index in [2.05, 4.69) is 5.10 Å². The largest absolute Gasteiger partial charge is 0.435 e. The van der Waals surface area contributed by atoms with Gasteiger partial charge in [-0.1, -0.05) is 0 Å². The first-order chi connectivity index (χ1) is 6.45. The Kier molecular flexibility index (Phi) is 3.15. The molecule has 0 bridgehead atoms. The van der Waals surface area contributed by atoms with Gasteiger partial charge in [0.25, 0.3) is 0 Å². The Hall–Kier alpha value is -1.04. The zero-order valence-corrected chi connectivity index (χ0v) is 7.88. The van der Waals surface area contributed by atoms with Gasteiger partial charge in [0, 0.05) is 13.3 Å². The standard InChI is InChI=1S/C8H11F3N2O/c1-6(5-14-2)13-4-3-7(12-13)8(9,10)11/h3-4,6H,5H2,1-2H3. The summed E-state index contributed by atoms with van der Waals surface area (Å²) in [5.74, 6) is 0. The molecule has 1 aromatic heterocycles. The number of ether oxygens (including phenoxy) is 1. The van der Waals surface area contributed by atoms with Crippen molar-refractivity contribution in [3.8, 4) is 0 Å². The average molecular weight is 208 g/mol. The Balaban J connectivity index is 2.78. The van der Waals surface area contributed by atoms with Gasteiger partial charge in [-0.3, -0.25) is 4.68 Å². The molecule has 14 heavy (non-hydrogen) atoms. The van der Waals surface area contributed by atoms with Crippen molar-refractivity contribution in [3.63, 3.8) is 0 Å². The van der Waals surface area contributed by atoms with Crippen LogP contribution in [0.15, 0.2) is 12.3 Å². The average Bonchev–Trinajstić information content (AvgIpc) is 2.51. The van der Waals surface area contributed by atoms with Crippen LogP contribution in [0.3, 0.4) is 0 Å². The Morgan fingerprint density at radius 2 is 2.21 bits per heavy atom. The van der Waals surface area contributed by atoms with E-state index in [1.807, 2.05) is 0 Å². The molecule has 0 aromatic carbocycles. The van der Waals surface area contributed by atoms with Crippen LogP contribution in [0.25, 0.3) is 0 Å². The molecule has 3 nitrogen and oxygen atoms in total. The first-order valence-corrected chi connectivity index (χ1v) is 4.06. The van der Waals surface area contributed by atoms with Crippen LogP contribution in [0, 0.1) is 0 Å². The van der Waals surface area contributed by atoms with Gasteiger partial charge >= 0.3 is 6.18 Å². The van der Waals surface area contributed by atoms with E-state index in [1.165, 1.54) is 18.0 Å². The van der Waals surface area contributed by atoms with Gasteiger partial charge < -0.3 is 4.74 Å². The third kappa shape index (κ3) is 2.47. The molecule has 0 fully saturated rings. The van der Waals surface area contributed by atoms with Crippen molar-refractivity contribution in [1.82, 2.24) is 9.78 Å². The minimum atomic E-state index is -4.38. The third-order valence-electron chi connectivity index (χ3n) is 1.76. The number of hydrogen-bond acceptors (Lipinski definition) is 2. The maximum atomic E-state index is 12.1. The number of methoxy groups -OCH3 is 1. The lowest BCUT2D eigenvalue weighted by Crippen LogP contribution is -2.13. The van der Waals surface area contributed by atoms with E-state index < -0.39 is 11.9 Å². The minimum absolute atomic E-state index is 0.198. The highest BCUT2D eigenvalue weighted by molar-refractivity contribution is 5.03. The van der Waals surface area contributed by atoms with Gasteiger partial charge in [0.15, 0.2) is 5.69 Å². The number of aromatic nitrogens is 2. The van der Waals surface area contributed by atoms with Gasteiger partial charge in [-0.05, 0) is 13.0 Å². The Morgan fingerprint density at radius 1 is 1.57 bits per heavy atom. The van der Waals surface area contributed by atoms with Gasteiger partial charge in [0.05, 0.1) is 12.6 Å². The molecule has 0 aliphatic rings. The van der Waals surface area contributed by atoms with Crippen molar-refractivity contribution in [3.05, 3.63) is 18.0 Å². The molecule has 0 saturated heterocycles. The van der Waals surface area contributed by atoms with E-state index in [4.69, 9.17) is 4.74 Å². The van der Waals surface area contributed by atoms with E-state index >= 15 is 0 Å². The molecule has 1 heterocycles. The van der Waals surface area contributed by atoms with Crippen LogP contribution in [0.2, 0.25) is 0 Å². The lowest BCUT2D eigenvalue weighted by atomic mass is 10.4. The molecule has 0 saturated carbocycles. The van der Waals surface area contributed by atoms with Crippen LogP contribution in [0.4, 0.5) is 13.2 Å². The van der Waals surface area contributed by atoms with Gasteiger partial charge in [-0.2, -0.15) is 18.3 Å². The molecule has 6 heteroatoms. The zero-order chi connectivity index (χ0) is 10.8. The predicted octanol–water partition coefficient (Wildman–Crippen LogP) is 2.11. The Morgan fingerprint density at radius 3 is 2.64 bits per heavy atom. The highest BCUT2D eigenvalue weighted by atomic mass is 19.4. The maximum Gasteiger partial charge on any atom is 0.435 e. The van der Waals surface area contributed by atoms with Crippen molar-refractivity contribution in [2.24, 2.45) is 0 Å². The summed E-state index contributed by atoms with van der Waals surface area (Å²) in [6.45, 7) is 2.07. The molecule has 0 radical (unpaired) electrons. The summed E-state index contributed by atoms with van der Waals surface area (Å²) in [4.78, 5) is 0. The predicted molar refractivity (Wildman–Crippen MR) is 43.8 cm³/mol. The van der Waals surface area contributed by atoms with E-state index in [-0.39, 0.29) is 6.04 Å². The monoisotopic (exact) mass is 208 g/mol. The summed E-state index contributed by atoms with van der Waals surface area (Å²) in [6, 6.07) is 0.752. The molecular weight excluding hydrogens is 197 g/mol. The number of hydrogen-bond donors (Lipinski definition) is 0. The van der Waals surface area contributed by atoms with Crippen LogP contribution in [0.1, 0.15) is 18.7 Å². The SMILES string of the molecule is COCC(C)n1ccc(C(F)(F)F)n1. The molecule has 0 spiro atoms. The number of rotatable bonds is 3. The molecule has 0 amide bonds. The molecule has 0 N–H and O–H groups in total. The summed E-state index contributed by atoms with van der Waals surface area (Å²) in [7, 11) is 1.49. The molecule has 1 unspecified atom stereocenters. The highest BCUT2D eigenvalue weighted by Gasteiger charge is 2.33. The fourth-order valence-corrected chi connectivity index (χ4v) is 1.05. The van der Waals surface area contributed by atoms with Crippen molar-refractivity contribution in [2.45, 2.75) is 19.1 Å². The van der Waals surface area contributed by atoms with Crippen molar-refractivity contribution in [2.75, 3.05) is 13.7 Å². The van der Waals surface area contributed by atoms with E-state index in [9.17, 15) is 13.2 Å². The second kappa shape index (κ2) is 4.00. The smallest absolute Gasteiger partial charge is 0.382 e. The number of alkyl halides is 3. The van der Waals surface area contributed by atoms with Crippen molar-refractivity contribution >= 4 is 0 Å². The zero-order valence-electron chi connectivity index (χ0n) is 7.88. The second-order valence-electron chi connectivity index (χ2n) is 2.98. The van der Waals surface area contributed by atoms with Crippen LogP contribution in [-0.2, 0) is 10.9 Å². The molecular formula is C8H11F3N2O. The summed E-state index contributed by atoms with van der Waals surface area (Å²) >= 11 is 0. The maximum absolute atomic E-state index is 12.1. The fourth-order valence-electron chi connectivity index (χ4n) is 1.05. The Labute approximate surface area is 79.5 Å². The fraction of sp³-hybridized carbons (Fsp3) is 0.625. The summed E-state index contributed by atoms with van der Waals surface area (Å²) in [5.41, 5.74) is -0.875. The topological polar surface area (TPSA) is 27.1 Å². The van der Waals surface area contributed by atoms with E-state index in [1.54, 1.807) is 6.92 Å². The molecule has 1 atom stereocenters. The quantitative estimate of drug-likeness (QED) is 0.760. The minimum Gasteiger partial charge on any atom is -0.382 e. The molecule has 0 aliphatic carbocycles.